The summed E-state index contributed by atoms with van der Waals surface area (Å²) in [5, 5.41) is 0. The second kappa shape index (κ2) is 6.21. The van der Waals surface area contributed by atoms with Gasteiger partial charge in [-0.3, -0.25) is 0 Å². The number of halogens is 1. The van der Waals surface area contributed by atoms with Gasteiger partial charge in [-0.1, -0.05) is 6.07 Å². The van der Waals surface area contributed by atoms with Crippen molar-refractivity contribution < 1.29 is 0 Å². The summed E-state index contributed by atoms with van der Waals surface area (Å²) in [5.41, 5.74) is 3.53. The van der Waals surface area contributed by atoms with Crippen molar-refractivity contribution in [1.29, 1.82) is 0 Å². The van der Waals surface area contributed by atoms with Crippen molar-refractivity contribution in [1.82, 2.24) is 14.9 Å². The number of alkyl halides is 1. The third-order valence-corrected chi connectivity index (χ3v) is 3.39. The smallest absolute Gasteiger partial charge is 0.104 e. The van der Waals surface area contributed by atoms with Crippen LogP contribution in [0.15, 0.2) is 18.2 Å². The molecule has 0 fully saturated rings. The molecular weight excluding hydrogens is 246 g/mol. The summed E-state index contributed by atoms with van der Waals surface area (Å²) >= 11 is 5.69. The maximum Gasteiger partial charge on any atom is 0.104 e. The van der Waals surface area contributed by atoms with Crippen molar-refractivity contribution in [2.24, 2.45) is 0 Å². The van der Waals surface area contributed by atoms with Gasteiger partial charge in [-0.2, -0.15) is 0 Å². The molecule has 0 bridgehead atoms. The zero-order chi connectivity index (χ0) is 13.0. The fraction of sp³-hybridized carbons (Fsp3) is 0.500. The summed E-state index contributed by atoms with van der Waals surface area (Å²) in [5.74, 6) is 1.71. The Morgan fingerprint density at radius 3 is 2.94 bits per heavy atom. The summed E-state index contributed by atoms with van der Waals surface area (Å²) < 4.78 is 0. The largest absolute Gasteiger partial charge is 0.342 e. The van der Waals surface area contributed by atoms with Gasteiger partial charge in [0.05, 0.1) is 11.0 Å². The molecule has 3 nitrogen and oxygen atoms in total. The molecule has 1 heterocycles. The van der Waals surface area contributed by atoms with E-state index in [1.54, 1.807) is 0 Å². The van der Waals surface area contributed by atoms with Gasteiger partial charge in [0.15, 0.2) is 0 Å². The minimum Gasteiger partial charge on any atom is -0.342 e. The molecule has 0 aliphatic carbocycles. The monoisotopic (exact) mass is 265 g/mol. The molecule has 2 rings (SSSR count). The number of nitrogens with one attached hydrogen (secondary N) is 1. The van der Waals surface area contributed by atoms with E-state index in [-0.39, 0.29) is 0 Å². The molecule has 98 valence electrons. The number of hydrogen-bond acceptors (Lipinski definition) is 2. The minimum atomic E-state index is 0.740. The van der Waals surface area contributed by atoms with Crippen LogP contribution in [0.3, 0.4) is 0 Å². The van der Waals surface area contributed by atoms with Crippen LogP contribution in [-0.4, -0.2) is 40.9 Å². The first-order valence-corrected chi connectivity index (χ1v) is 6.92. The minimum absolute atomic E-state index is 0.740. The Labute approximate surface area is 113 Å². The van der Waals surface area contributed by atoms with Crippen LogP contribution < -0.4 is 0 Å². The van der Waals surface area contributed by atoms with E-state index >= 15 is 0 Å². The quantitative estimate of drug-likeness (QED) is 0.815. The summed E-state index contributed by atoms with van der Waals surface area (Å²) in [4.78, 5) is 10.0. The van der Waals surface area contributed by atoms with E-state index in [0.29, 0.717) is 0 Å². The van der Waals surface area contributed by atoms with E-state index in [1.165, 1.54) is 5.56 Å². The molecule has 18 heavy (non-hydrogen) atoms. The topological polar surface area (TPSA) is 31.9 Å². The van der Waals surface area contributed by atoms with Crippen molar-refractivity contribution in [3.63, 3.8) is 0 Å². The first kappa shape index (κ1) is 13.4. The number of likely N-dealkylation sites (N-methyl/N-ethyl adjacent to an activating group) is 1. The Balaban J connectivity index is 1.95. The molecule has 0 unspecified atom stereocenters. The number of benzene rings is 1. The van der Waals surface area contributed by atoms with Gasteiger partial charge in [0.1, 0.15) is 5.82 Å². The Morgan fingerprint density at radius 2 is 2.17 bits per heavy atom. The molecule has 0 radical (unpaired) electrons. The van der Waals surface area contributed by atoms with Gasteiger partial charge < -0.3 is 9.88 Å². The predicted molar refractivity (Wildman–Crippen MR) is 77.4 cm³/mol. The molecule has 0 aliphatic rings. The van der Waals surface area contributed by atoms with Gasteiger partial charge >= 0.3 is 0 Å². The molecular formula is C14H20ClN3. The SMILES string of the molecule is Cc1nc2ccc(CCN(C)CCCCl)cc2[nH]1. The van der Waals surface area contributed by atoms with E-state index in [0.717, 1.165) is 48.7 Å². The molecule has 0 saturated carbocycles. The average molecular weight is 266 g/mol. The number of fused-ring (bicyclic) bond motifs is 1. The third kappa shape index (κ3) is 3.47. The van der Waals surface area contributed by atoms with Crippen molar-refractivity contribution in [2.75, 3.05) is 26.0 Å². The molecule has 0 saturated heterocycles. The first-order chi connectivity index (χ1) is 8.69. The van der Waals surface area contributed by atoms with Crippen LogP contribution in [0.4, 0.5) is 0 Å². The lowest BCUT2D eigenvalue weighted by Crippen LogP contribution is -2.22. The van der Waals surface area contributed by atoms with Gasteiger partial charge in [-0.25, -0.2) is 4.98 Å². The maximum absolute atomic E-state index is 5.69. The Kier molecular flexibility index (Phi) is 4.61. The maximum atomic E-state index is 5.69. The van der Waals surface area contributed by atoms with Gasteiger partial charge in [0.2, 0.25) is 0 Å². The van der Waals surface area contributed by atoms with E-state index in [9.17, 15) is 0 Å². The molecule has 1 aromatic heterocycles. The van der Waals surface area contributed by atoms with Gasteiger partial charge in [-0.05, 0) is 51.1 Å². The molecule has 0 amide bonds. The lowest BCUT2D eigenvalue weighted by atomic mass is 10.1. The Morgan fingerprint density at radius 1 is 1.33 bits per heavy atom. The van der Waals surface area contributed by atoms with Crippen molar-refractivity contribution in [3.8, 4) is 0 Å². The van der Waals surface area contributed by atoms with Crippen molar-refractivity contribution >= 4 is 22.6 Å². The van der Waals surface area contributed by atoms with Crippen LogP contribution in [0.25, 0.3) is 11.0 Å². The number of nitrogens with zero attached hydrogens (tertiary/aromatic N) is 2. The zero-order valence-electron chi connectivity index (χ0n) is 11.0. The fourth-order valence-corrected chi connectivity index (χ4v) is 2.22. The van der Waals surface area contributed by atoms with Crippen LogP contribution in [0.2, 0.25) is 0 Å². The van der Waals surface area contributed by atoms with Gasteiger partial charge in [0.25, 0.3) is 0 Å². The number of aromatic nitrogens is 2. The van der Waals surface area contributed by atoms with Gasteiger partial charge in [0, 0.05) is 12.4 Å². The molecule has 0 atom stereocenters. The van der Waals surface area contributed by atoms with E-state index < -0.39 is 0 Å². The fourth-order valence-electron chi connectivity index (χ4n) is 2.10. The number of hydrogen-bond donors (Lipinski definition) is 1. The average Bonchev–Trinajstić information content (AvgIpc) is 2.73. The lowest BCUT2D eigenvalue weighted by molar-refractivity contribution is 0.340. The van der Waals surface area contributed by atoms with E-state index in [1.807, 2.05) is 6.92 Å². The van der Waals surface area contributed by atoms with Crippen LogP contribution in [0.1, 0.15) is 17.8 Å². The first-order valence-electron chi connectivity index (χ1n) is 6.39. The van der Waals surface area contributed by atoms with Gasteiger partial charge in [-0.15, -0.1) is 11.6 Å². The van der Waals surface area contributed by atoms with Crippen molar-refractivity contribution in [2.45, 2.75) is 19.8 Å². The van der Waals surface area contributed by atoms with E-state index in [4.69, 9.17) is 11.6 Å². The number of aromatic amines is 1. The molecule has 4 heteroatoms. The number of imidazole rings is 1. The second-order valence-corrected chi connectivity index (χ2v) is 5.15. The lowest BCUT2D eigenvalue weighted by Gasteiger charge is -2.15. The number of H-pyrrole nitrogens is 1. The molecule has 1 N–H and O–H groups in total. The standard InChI is InChI=1S/C14H20ClN3/c1-11-16-13-5-4-12(10-14(13)17-11)6-9-18(2)8-3-7-15/h4-5,10H,3,6-9H2,1-2H3,(H,16,17). The zero-order valence-corrected chi connectivity index (χ0v) is 11.8. The Hall–Kier alpha value is -1.06. The van der Waals surface area contributed by atoms with Crippen LogP contribution in [0, 0.1) is 6.92 Å². The normalized spacial score (nSPS) is 11.6. The second-order valence-electron chi connectivity index (χ2n) is 4.77. The molecule has 0 spiro atoms. The highest BCUT2D eigenvalue weighted by atomic mass is 35.5. The summed E-state index contributed by atoms with van der Waals surface area (Å²) in [6.45, 7) is 4.12. The van der Waals surface area contributed by atoms with Crippen LogP contribution in [0.5, 0.6) is 0 Å². The highest BCUT2D eigenvalue weighted by Crippen LogP contribution is 2.14. The summed E-state index contributed by atoms with van der Waals surface area (Å²) in [6, 6.07) is 6.45. The summed E-state index contributed by atoms with van der Waals surface area (Å²) in [7, 11) is 2.14. The van der Waals surface area contributed by atoms with E-state index in [2.05, 4.69) is 40.1 Å². The number of rotatable bonds is 6. The highest BCUT2D eigenvalue weighted by molar-refractivity contribution is 6.17. The predicted octanol–water partition coefficient (Wildman–Crippen LogP) is 2.97. The molecule has 0 aliphatic heterocycles. The highest BCUT2D eigenvalue weighted by Gasteiger charge is 2.02. The van der Waals surface area contributed by atoms with Crippen LogP contribution >= 0.6 is 11.6 Å². The number of aryl methyl sites for hydroxylation is 1. The molecule has 2 aromatic rings. The Bertz CT molecular complexity index is 507. The third-order valence-electron chi connectivity index (χ3n) is 3.12. The molecule has 1 aromatic carbocycles. The summed E-state index contributed by atoms with van der Waals surface area (Å²) in [6.07, 6.45) is 2.11. The van der Waals surface area contributed by atoms with Crippen molar-refractivity contribution in [3.05, 3.63) is 29.6 Å². The van der Waals surface area contributed by atoms with Crippen LogP contribution in [-0.2, 0) is 6.42 Å².